The molecule has 0 aromatic heterocycles. The zero-order valence-electron chi connectivity index (χ0n) is 14.4. The Morgan fingerprint density at radius 3 is 2.35 bits per heavy atom. The van der Waals surface area contributed by atoms with Crippen LogP contribution >= 0.6 is 11.8 Å². The van der Waals surface area contributed by atoms with Crippen molar-refractivity contribution in [2.75, 3.05) is 41.2 Å². The number of carbonyl (C=O) groups excluding carboxylic acids is 1. The largest absolute Gasteiger partial charge is 0.493 e. The Kier molecular flexibility index (Phi) is 8.22. The van der Waals surface area contributed by atoms with Crippen molar-refractivity contribution in [3.8, 4) is 11.5 Å². The summed E-state index contributed by atoms with van der Waals surface area (Å²) in [5.41, 5.74) is 6.58. The number of hydrogen-bond donors (Lipinski definition) is 1. The third-order valence-corrected chi connectivity index (χ3v) is 4.44. The number of hydrogen-bond acceptors (Lipinski definition) is 6. The van der Waals surface area contributed by atoms with E-state index in [4.69, 9.17) is 19.9 Å². The van der Waals surface area contributed by atoms with Crippen molar-refractivity contribution in [3.05, 3.63) is 17.7 Å². The zero-order chi connectivity index (χ0) is 17.4. The number of benzene rings is 1. The molecule has 1 amide bonds. The van der Waals surface area contributed by atoms with E-state index in [2.05, 4.69) is 0 Å². The molecule has 0 fully saturated rings. The molecule has 1 unspecified atom stereocenters. The number of thioether (sulfide) groups is 1. The van der Waals surface area contributed by atoms with Crippen molar-refractivity contribution >= 4 is 17.7 Å². The van der Waals surface area contributed by atoms with Gasteiger partial charge in [0.1, 0.15) is 0 Å². The Labute approximate surface area is 142 Å². The van der Waals surface area contributed by atoms with Gasteiger partial charge in [-0.25, -0.2) is 0 Å². The van der Waals surface area contributed by atoms with Crippen LogP contribution in [0.25, 0.3) is 0 Å². The molecule has 2 N–H and O–H groups in total. The highest BCUT2D eigenvalue weighted by molar-refractivity contribution is 7.98. The monoisotopic (exact) mass is 342 g/mol. The SMILES string of the molecule is COc1cc(CN(C)C(=O)CC(CN)OC)c(SC)cc1OC. The van der Waals surface area contributed by atoms with E-state index in [9.17, 15) is 4.79 Å². The lowest BCUT2D eigenvalue weighted by atomic mass is 10.1. The topological polar surface area (TPSA) is 74.0 Å². The minimum Gasteiger partial charge on any atom is -0.493 e. The maximum Gasteiger partial charge on any atom is 0.225 e. The molecule has 23 heavy (non-hydrogen) atoms. The summed E-state index contributed by atoms with van der Waals surface area (Å²) in [5, 5.41) is 0. The summed E-state index contributed by atoms with van der Waals surface area (Å²) in [7, 11) is 6.53. The molecule has 1 aromatic rings. The van der Waals surface area contributed by atoms with Gasteiger partial charge >= 0.3 is 0 Å². The summed E-state index contributed by atoms with van der Waals surface area (Å²) in [6.45, 7) is 0.804. The van der Waals surface area contributed by atoms with Gasteiger partial charge in [-0.1, -0.05) is 0 Å². The average molecular weight is 342 g/mol. The fraction of sp³-hybridized carbons (Fsp3) is 0.562. The Morgan fingerprint density at radius 2 is 1.87 bits per heavy atom. The van der Waals surface area contributed by atoms with E-state index in [0.717, 1.165) is 10.5 Å². The van der Waals surface area contributed by atoms with Crippen LogP contribution in [0.3, 0.4) is 0 Å². The molecule has 7 heteroatoms. The van der Waals surface area contributed by atoms with Crippen LogP contribution in [0.15, 0.2) is 17.0 Å². The fourth-order valence-electron chi connectivity index (χ4n) is 2.17. The molecule has 6 nitrogen and oxygen atoms in total. The molecule has 0 saturated heterocycles. The Balaban J connectivity index is 2.92. The quantitative estimate of drug-likeness (QED) is 0.689. The minimum absolute atomic E-state index is 0.0101. The van der Waals surface area contributed by atoms with Gasteiger partial charge < -0.3 is 24.8 Å². The number of nitrogens with zero attached hydrogens (tertiary/aromatic N) is 1. The third-order valence-electron chi connectivity index (χ3n) is 3.62. The van der Waals surface area contributed by atoms with Gasteiger partial charge in [-0.3, -0.25) is 4.79 Å². The number of amides is 1. The normalized spacial score (nSPS) is 11.9. The van der Waals surface area contributed by atoms with Crippen LogP contribution in [0.2, 0.25) is 0 Å². The second-order valence-electron chi connectivity index (χ2n) is 5.07. The molecule has 1 rings (SSSR count). The molecule has 1 aromatic carbocycles. The summed E-state index contributed by atoms with van der Waals surface area (Å²) >= 11 is 1.60. The van der Waals surface area contributed by atoms with Gasteiger partial charge in [-0.2, -0.15) is 0 Å². The van der Waals surface area contributed by atoms with Crippen LogP contribution in [-0.4, -0.2) is 58.1 Å². The summed E-state index contributed by atoms with van der Waals surface area (Å²) < 4.78 is 15.8. The van der Waals surface area contributed by atoms with Gasteiger partial charge in [0, 0.05) is 32.1 Å². The average Bonchev–Trinajstić information content (AvgIpc) is 2.58. The van der Waals surface area contributed by atoms with Crippen LogP contribution in [0.4, 0.5) is 0 Å². The van der Waals surface area contributed by atoms with Crippen molar-refractivity contribution in [2.45, 2.75) is 24.0 Å². The number of ether oxygens (including phenoxy) is 3. The van der Waals surface area contributed by atoms with E-state index >= 15 is 0 Å². The molecule has 0 aliphatic rings. The fourth-order valence-corrected chi connectivity index (χ4v) is 2.78. The van der Waals surface area contributed by atoms with E-state index in [1.807, 2.05) is 18.4 Å². The van der Waals surface area contributed by atoms with E-state index in [1.165, 1.54) is 0 Å². The van der Waals surface area contributed by atoms with Gasteiger partial charge in [0.25, 0.3) is 0 Å². The highest BCUT2D eigenvalue weighted by atomic mass is 32.2. The molecule has 130 valence electrons. The lowest BCUT2D eigenvalue weighted by molar-refractivity contribution is -0.132. The third kappa shape index (κ3) is 5.30. The second-order valence-corrected chi connectivity index (χ2v) is 5.91. The molecule has 0 radical (unpaired) electrons. The summed E-state index contributed by atoms with van der Waals surface area (Å²) in [4.78, 5) is 15.0. The first-order valence-corrected chi connectivity index (χ1v) is 8.48. The van der Waals surface area contributed by atoms with Gasteiger partial charge in [0.15, 0.2) is 11.5 Å². The molecule has 0 bridgehead atoms. The summed E-state index contributed by atoms with van der Waals surface area (Å²) in [6, 6.07) is 3.83. The molecular weight excluding hydrogens is 316 g/mol. The van der Waals surface area contributed by atoms with Gasteiger partial charge in [0.2, 0.25) is 5.91 Å². The maximum absolute atomic E-state index is 12.3. The molecule has 0 spiro atoms. The van der Waals surface area contributed by atoms with Crippen molar-refractivity contribution in [2.24, 2.45) is 5.73 Å². The highest BCUT2D eigenvalue weighted by Gasteiger charge is 2.18. The van der Waals surface area contributed by atoms with Gasteiger partial charge in [-0.05, 0) is 24.0 Å². The molecule has 0 heterocycles. The van der Waals surface area contributed by atoms with Crippen molar-refractivity contribution in [1.82, 2.24) is 4.90 Å². The number of rotatable bonds is 9. The standard InChI is InChI=1S/C16H26N2O4S/c1-18(16(19)7-12(9-17)20-2)10-11-6-13(21-3)14(22-4)8-15(11)23-5/h6,8,12H,7,9-10,17H2,1-5H3. The number of methoxy groups -OCH3 is 3. The molecule has 1 atom stereocenters. The van der Waals surface area contributed by atoms with Gasteiger partial charge in [0.05, 0.1) is 26.7 Å². The van der Waals surface area contributed by atoms with E-state index in [-0.39, 0.29) is 18.4 Å². The van der Waals surface area contributed by atoms with Crippen LogP contribution in [0.1, 0.15) is 12.0 Å². The Morgan fingerprint density at radius 1 is 1.26 bits per heavy atom. The van der Waals surface area contributed by atoms with Crippen LogP contribution < -0.4 is 15.2 Å². The van der Waals surface area contributed by atoms with E-state index in [1.54, 1.807) is 45.0 Å². The van der Waals surface area contributed by atoms with Gasteiger partial charge in [-0.15, -0.1) is 11.8 Å². The van der Waals surface area contributed by atoms with E-state index < -0.39 is 0 Å². The first-order valence-electron chi connectivity index (χ1n) is 7.26. The van der Waals surface area contributed by atoms with E-state index in [0.29, 0.717) is 24.6 Å². The molecular formula is C16H26N2O4S. The van der Waals surface area contributed by atoms with Crippen molar-refractivity contribution in [3.63, 3.8) is 0 Å². The first kappa shape index (κ1) is 19.6. The summed E-state index contributed by atoms with van der Waals surface area (Å²) in [6.07, 6.45) is 2.00. The highest BCUT2D eigenvalue weighted by Crippen LogP contribution is 2.35. The van der Waals surface area contributed by atoms with Crippen LogP contribution in [-0.2, 0) is 16.1 Å². The maximum atomic E-state index is 12.3. The Hall–Kier alpha value is -1.44. The Bertz CT molecular complexity index is 521. The minimum atomic E-state index is -0.254. The first-order chi connectivity index (χ1) is 11.0. The lowest BCUT2D eigenvalue weighted by Gasteiger charge is -2.22. The second kappa shape index (κ2) is 9.64. The van der Waals surface area contributed by atoms with Crippen molar-refractivity contribution < 1.29 is 19.0 Å². The predicted octanol–water partition coefficient (Wildman–Crippen LogP) is 1.75. The number of carbonyl (C=O) groups is 1. The predicted molar refractivity (Wildman–Crippen MR) is 92.3 cm³/mol. The smallest absolute Gasteiger partial charge is 0.225 e. The van der Waals surface area contributed by atoms with Crippen LogP contribution in [0, 0.1) is 0 Å². The molecule has 0 aliphatic heterocycles. The molecule has 0 saturated carbocycles. The number of nitrogens with two attached hydrogens (primary N) is 1. The lowest BCUT2D eigenvalue weighted by Crippen LogP contribution is -2.33. The zero-order valence-corrected chi connectivity index (χ0v) is 15.2. The van der Waals surface area contributed by atoms with Crippen LogP contribution in [0.5, 0.6) is 11.5 Å². The van der Waals surface area contributed by atoms with Crippen molar-refractivity contribution in [1.29, 1.82) is 0 Å². The summed E-state index contributed by atoms with van der Waals surface area (Å²) in [5.74, 6) is 1.32. The molecule has 0 aliphatic carbocycles.